The smallest absolute Gasteiger partial charge is 0.404 e. The van der Waals surface area contributed by atoms with Gasteiger partial charge in [-0.05, 0) is 50.1 Å². The highest BCUT2D eigenvalue weighted by Crippen LogP contribution is 2.34. The predicted molar refractivity (Wildman–Crippen MR) is 131 cm³/mol. The third-order valence-electron chi connectivity index (χ3n) is 6.55. The maximum absolute atomic E-state index is 13.4. The molecule has 0 spiro atoms. The van der Waals surface area contributed by atoms with Gasteiger partial charge in [0.15, 0.2) is 5.82 Å². The van der Waals surface area contributed by atoms with Crippen LogP contribution in [0.1, 0.15) is 30.1 Å². The van der Waals surface area contributed by atoms with E-state index in [1.54, 1.807) is 30.3 Å². The van der Waals surface area contributed by atoms with Gasteiger partial charge in [0.05, 0.1) is 24.9 Å². The van der Waals surface area contributed by atoms with E-state index >= 15 is 0 Å². The number of aromatic nitrogens is 4. The van der Waals surface area contributed by atoms with Crippen molar-refractivity contribution in [2.45, 2.75) is 32.4 Å². The van der Waals surface area contributed by atoms with Crippen LogP contribution in [-0.2, 0) is 18.3 Å². The van der Waals surface area contributed by atoms with Crippen LogP contribution >= 0.6 is 0 Å². The molecular weight excluding hydrogens is 448 g/mol. The minimum absolute atomic E-state index is 0.165. The Kier molecular flexibility index (Phi) is 5.80. The third kappa shape index (κ3) is 3.94. The topological polar surface area (TPSA) is 117 Å². The molecule has 1 atom stereocenters. The monoisotopic (exact) mass is 476 g/mol. The molecule has 3 aromatic heterocycles. The van der Waals surface area contributed by atoms with E-state index in [1.807, 2.05) is 23.7 Å². The lowest BCUT2D eigenvalue weighted by molar-refractivity contribution is 0.0373. The van der Waals surface area contributed by atoms with Crippen LogP contribution in [0, 0.1) is 0 Å². The van der Waals surface area contributed by atoms with E-state index in [1.165, 1.54) is 0 Å². The predicted octanol–water partition coefficient (Wildman–Crippen LogP) is 3.32. The summed E-state index contributed by atoms with van der Waals surface area (Å²) in [7, 11) is 3.52. The molecule has 1 aromatic carbocycles. The van der Waals surface area contributed by atoms with Gasteiger partial charge >= 0.3 is 6.09 Å². The van der Waals surface area contributed by atoms with Crippen LogP contribution in [0.5, 0.6) is 5.75 Å². The second-order valence-corrected chi connectivity index (χ2v) is 8.68. The molecule has 2 amide bonds. The minimum Gasteiger partial charge on any atom is -0.494 e. The zero-order valence-corrected chi connectivity index (χ0v) is 20.0. The number of fused-ring (bicyclic) bond motifs is 2. The minimum atomic E-state index is -0.826. The first-order chi connectivity index (χ1) is 16.9. The average molecular weight is 477 g/mol. The van der Waals surface area contributed by atoms with Crippen molar-refractivity contribution in [2.75, 3.05) is 20.2 Å². The molecule has 1 unspecified atom stereocenters. The number of hydrogen-bond donors (Lipinski definition) is 1. The van der Waals surface area contributed by atoms with Crippen LogP contribution in [0.3, 0.4) is 0 Å². The Morgan fingerprint density at radius 3 is 2.83 bits per heavy atom. The molecule has 1 fully saturated rings. The lowest BCUT2D eigenvalue weighted by Crippen LogP contribution is -2.44. The van der Waals surface area contributed by atoms with Crippen LogP contribution in [-0.4, -0.2) is 62.3 Å². The van der Waals surface area contributed by atoms with Crippen molar-refractivity contribution in [3.05, 3.63) is 42.1 Å². The summed E-state index contributed by atoms with van der Waals surface area (Å²) in [6, 6.07) is 9.57. The van der Waals surface area contributed by atoms with E-state index < -0.39 is 12.2 Å². The fourth-order valence-electron chi connectivity index (χ4n) is 4.98. The fraction of sp³-hybridized carbons (Fsp3) is 0.360. The van der Waals surface area contributed by atoms with Crippen LogP contribution in [0.4, 0.5) is 4.79 Å². The summed E-state index contributed by atoms with van der Waals surface area (Å²) in [4.78, 5) is 35.7. The molecule has 1 aliphatic heterocycles. The van der Waals surface area contributed by atoms with Gasteiger partial charge in [0.2, 0.25) is 0 Å². The van der Waals surface area contributed by atoms with Crippen molar-refractivity contribution in [3.63, 3.8) is 0 Å². The molecule has 4 heterocycles. The van der Waals surface area contributed by atoms with Gasteiger partial charge < -0.3 is 29.2 Å². The molecule has 1 saturated heterocycles. The van der Waals surface area contributed by atoms with E-state index in [9.17, 15) is 9.59 Å². The maximum atomic E-state index is 13.4. The quantitative estimate of drug-likeness (QED) is 0.472. The van der Waals surface area contributed by atoms with E-state index in [0.29, 0.717) is 36.3 Å². The molecule has 2 N–H and O–H groups in total. The average Bonchev–Trinajstić information content (AvgIpc) is 3.39. The Balaban J connectivity index is 1.56. The van der Waals surface area contributed by atoms with Crippen molar-refractivity contribution in [3.8, 4) is 17.3 Å². The summed E-state index contributed by atoms with van der Waals surface area (Å²) in [5.41, 5.74) is 8.94. The van der Waals surface area contributed by atoms with Crippen molar-refractivity contribution in [1.29, 1.82) is 0 Å². The molecule has 10 nitrogen and oxygen atoms in total. The van der Waals surface area contributed by atoms with E-state index in [4.69, 9.17) is 20.2 Å². The summed E-state index contributed by atoms with van der Waals surface area (Å²) in [6.45, 7) is 3.70. The number of imidazole rings is 1. The number of nitrogens with zero attached hydrogens (tertiary/aromatic N) is 5. The molecule has 0 radical (unpaired) electrons. The number of primary amides is 1. The Morgan fingerprint density at radius 1 is 1.26 bits per heavy atom. The first-order valence-electron chi connectivity index (χ1n) is 11.7. The largest absolute Gasteiger partial charge is 0.494 e. The van der Waals surface area contributed by atoms with Gasteiger partial charge in [-0.15, -0.1) is 0 Å². The second-order valence-electron chi connectivity index (χ2n) is 8.68. The maximum Gasteiger partial charge on any atom is 0.404 e. The number of carbonyl (C=O) groups is 2. The van der Waals surface area contributed by atoms with Gasteiger partial charge in [-0.25, -0.2) is 14.8 Å². The number of nitrogens with two attached hydrogens (primary N) is 1. The lowest BCUT2D eigenvalue weighted by atomic mass is 10.1. The summed E-state index contributed by atoms with van der Waals surface area (Å²) >= 11 is 0. The molecule has 0 aliphatic carbocycles. The second kappa shape index (κ2) is 8.94. The number of pyridine rings is 1. The molecular formula is C25H28N6O4. The summed E-state index contributed by atoms with van der Waals surface area (Å²) in [5.74, 6) is 1.16. The van der Waals surface area contributed by atoms with Crippen LogP contribution in [0.25, 0.3) is 33.6 Å². The molecule has 182 valence electrons. The van der Waals surface area contributed by atoms with Crippen molar-refractivity contribution in [1.82, 2.24) is 24.0 Å². The first-order valence-corrected chi connectivity index (χ1v) is 11.7. The number of rotatable bonds is 5. The number of hydrogen-bond acceptors (Lipinski definition) is 6. The standard InChI is InChI=1S/C25H28N6O4/c1-4-31-19(12-15-7-5-9-27-22(15)31)23-28-18-11-16(13-20(34-3)21(18)29(23)2)24(32)30-10-6-8-17(14-30)35-25(26)33/h5,7,9,11-13,17H,4,6,8,10,14H2,1-3H3,(H2,26,33). The fourth-order valence-corrected chi connectivity index (χ4v) is 4.98. The SMILES string of the molecule is CCn1c(-c2nc3cc(C(=O)N4CCCC(OC(N)=O)C4)cc(OC)c3n2C)cc2cccnc21. The van der Waals surface area contributed by atoms with Gasteiger partial charge in [0.25, 0.3) is 5.91 Å². The van der Waals surface area contributed by atoms with Gasteiger partial charge in [-0.2, -0.15) is 0 Å². The first kappa shape index (κ1) is 22.7. The number of benzene rings is 1. The van der Waals surface area contributed by atoms with E-state index in [2.05, 4.69) is 22.5 Å². The number of methoxy groups -OCH3 is 1. The Morgan fingerprint density at radius 2 is 2.09 bits per heavy atom. The zero-order valence-electron chi connectivity index (χ0n) is 20.0. The van der Waals surface area contributed by atoms with Crippen molar-refractivity contribution < 1.29 is 19.1 Å². The molecule has 5 rings (SSSR count). The zero-order chi connectivity index (χ0) is 24.7. The van der Waals surface area contributed by atoms with Crippen molar-refractivity contribution >= 4 is 34.1 Å². The molecule has 1 aliphatic rings. The highest BCUT2D eigenvalue weighted by Gasteiger charge is 2.28. The van der Waals surface area contributed by atoms with Crippen molar-refractivity contribution in [2.24, 2.45) is 12.8 Å². The number of carbonyl (C=O) groups excluding carboxylic acids is 2. The Bertz CT molecular complexity index is 1440. The number of piperidine rings is 1. The van der Waals surface area contributed by atoms with E-state index in [0.717, 1.165) is 41.0 Å². The molecule has 0 saturated carbocycles. The Labute approximate surface area is 202 Å². The number of amides is 2. The number of likely N-dealkylation sites (tertiary alicyclic amines) is 1. The highest BCUT2D eigenvalue weighted by atomic mass is 16.6. The van der Waals surface area contributed by atoms with Crippen LogP contribution in [0.2, 0.25) is 0 Å². The molecule has 10 heteroatoms. The number of aryl methyl sites for hydroxylation is 2. The summed E-state index contributed by atoms with van der Waals surface area (Å²) in [5, 5.41) is 1.04. The van der Waals surface area contributed by atoms with Gasteiger partial charge in [0.1, 0.15) is 23.0 Å². The van der Waals surface area contributed by atoms with Gasteiger partial charge in [0, 0.05) is 37.3 Å². The summed E-state index contributed by atoms with van der Waals surface area (Å²) < 4.78 is 14.9. The van der Waals surface area contributed by atoms with Crippen LogP contribution in [0.15, 0.2) is 36.5 Å². The highest BCUT2D eigenvalue weighted by molar-refractivity contribution is 6.00. The van der Waals surface area contributed by atoms with Gasteiger partial charge in [-0.3, -0.25) is 4.79 Å². The lowest BCUT2D eigenvalue weighted by Gasteiger charge is -2.32. The number of ether oxygens (including phenoxy) is 2. The third-order valence-corrected chi connectivity index (χ3v) is 6.55. The molecule has 4 aromatic rings. The van der Waals surface area contributed by atoms with E-state index in [-0.39, 0.29) is 5.91 Å². The Hall–Kier alpha value is -4.08. The normalized spacial score (nSPS) is 16.1. The summed E-state index contributed by atoms with van der Waals surface area (Å²) in [6.07, 6.45) is 1.97. The van der Waals surface area contributed by atoms with Gasteiger partial charge in [-0.1, -0.05) is 0 Å². The molecule has 0 bridgehead atoms. The molecule has 35 heavy (non-hydrogen) atoms. The van der Waals surface area contributed by atoms with Crippen LogP contribution < -0.4 is 10.5 Å².